The van der Waals surface area contributed by atoms with E-state index in [0.29, 0.717) is 5.92 Å². The third-order valence-electron chi connectivity index (χ3n) is 3.93. The second-order valence-electron chi connectivity index (χ2n) is 5.28. The number of ether oxygens (including phenoxy) is 1. The minimum absolute atomic E-state index is 0.0333. The van der Waals surface area contributed by atoms with E-state index in [1.165, 1.54) is 19.3 Å². The highest BCUT2D eigenvalue weighted by Crippen LogP contribution is 2.27. The third kappa shape index (κ3) is 2.97. The topological polar surface area (TPSA) is 38.3 Å². The van der Waals surface area contributed by atoms with E-state index in [1.54, 1.807) is 0 Å². The largest absolute Gasteiger partial charge is 0.462 e. The maximum absolute atomic E-state index is 11.9. The van der Waals surface area contributed by atoms with Crippen LogP contribution >= 0.6 is 0 Å². The molecule has 1 aliphatic carbocycles. The van der Waals surface area contributed by atoms with E-state index in [4.69, 9.17) is 4.74 Å². The summed E-state index contributed by atoms with van der Waals surface area (Å²) in [6.45, 7) is 4.06. The summed E-state index contributed by atoms with van der Waals surface area (Å²) in [5.74, 6) is 0.683. The lowest BCUT2D eigenvalue weighted by Crippen LogP contribution is -2.38. The van der Waals surface area contributed by atoms with Crippen LogP contribution < -0.4 is 5.32 Å². The lowest BCUT2D eigenvalue weighted by Gasteiger charge is -2.30. The van der Waals surface area contributed by atoms with Crippen LogP contribution in [0.15, 0.2) is 0 Å². The van der Waals surface area contributed by atoms with Gasteiger partial charge in [0, 0.05) is 6.54 Å². The molecule has 3 heteroatoms. The summed E-state index contributed by atoms with van der Waals surface area (Å²) in [6, 6.07) is 0. The molecular weight excluding hydrogens is 202 g/mol. The molecule has 0 aromatic carbocycles. The molecule has 2 fully saturated rings. The predicted octanol–water partition coefficient (Wildman–Crippen LogP) is 2.11. The molecule has 0 radical (unpaired) electrons. The quantitative estimate of drug-likeness (QED) is 0.731. The maximum Gasteiger partial charge on any atom is 0.310 e. The highest BCUT2D eigenvalue weighted by atomic mass is 16.5. The normalized spacial score (nSPS) is 35.7. The van der Waals surface area contributed by atoms with Crippen LogP contribution in [0.4, 0.5) is 0 Å². The zero-order valence-corrected chi connectivity index (χ0v) is 10.2. The summed E-state index contributed by atoms with van der Waals surface area (Å²) in [5.41, 5.74) is 0. The van der Waals surface area contributed by atoms with Crippen molar-refractivity contribution in [2.24, 2.45) is 11.8 Å². The van der Waals surface area contributed by atoms with Gasteiger partial charge in [-0.2, -0.15) is 0 Å². The Balaban J connectivity index is 1.80. The average molecular weight is 225 g/mol. The minimum atomic E-state index is 0.0333. The molecule has 1 N–H and O–H groups in total. The molecule has 0 bridgehead atoms. The van der Waals surface area contributed by atoms with E-state index in [2.05, 4.69) is 12.2 Å². The molecule has 3 nitrogen and oxygen atoms in total. The molecule has 0 amide bonds. The zero-order valence-electron chi connectivity index (χ0n) is 10.2. The zero-order chi connectivity index (χ0) is 11.4. The third-order valence-corrected chi connectivity index (χ3v) is 3.93. The van der Waals surface area contributed by atoms with E-state index in [1.807, 2.05) is 0 Å². The monoisotopic (exact) mass is 225 g/mol. The van der Waals surface area contributed by atoms with Crippen molar-refractivity contribution in [3.63, 3.8) is 0 Å². The fraction of sp³-hybridized carbons (Fsp3) is 0.923. The van der Waals surface area contributed by atoms with Crippen LogP contribution in [0.5, 0.6) is 0 Å². The van der Waals surface area contributed by atoms with Crippen LogP contribution in [-0.4, -0.2) is 25.2 Å². The highest BCUT2D eigenvalue weighted by molar-refractivity contribution is 5.73. The predicted molar refractivity (Wildman–Crippen MR) is 63.1 cm³/mol. The minimum Gasteiger partial charge on any atom is -0.462 e. The first-order valence-electron chi connectivity index (χ1n) is 6.68. The van der Waals surface area contributed by atoms with Gasteiger partial charge in [-0.25, -0.2) is 0 Å². The van der Waals surface area contributed by atoms with Gasteiger partial charge in [0.2, 0.25) is 0 Å². The molecule has 1 aliphatic heterocycles. The first-order valence-corrected chi connectivity index (χ1v) is 6.68. The highest BCUT2D eigenvalue weighted by Gasteiger charge is 2.29. The molecule has 0 aromatic rings. The van der Waals surface area contributed by atoms with Crippen LogP contribution in [0.1, 0.15) is 45.4 Å². The fourth-order valence-corrected chi connectivity index (χ4v) is 2.76. The van der Waals surface area contributed by atoms with Gasteiger partial charge < -0.3 is 10.1 Å². The van der Waals surface area contributed by atoms with E-state index < -0.39 is 0 Å². The summed E-state index contributed by atoms with van der Waals surface area (Å²) in [7, 11) is 0. The molecule has 0 aromatic heterocycles. The molecular formula is C13H23NO2. The second kappa shape index (κ2) is 5.67. The van der Waals surface area contributed by atoms with Gasteiger partial charge in [0.15, 0.2) is 0 Å². The molecule has 1 saturated heterocycles. The van der Waals surface area contributed by atoms with Gasteiger partial charge in [0.25, 0.3) is 0 Å². The van der Waals surface area contributed by atoms with Crippen LogP contribution in [0.3, 0.4) is 0 Å². The van der Waals surface area contributed by atoms with Crippen molar-refractivity contribution < 1.29 is 9.53 Å². The van der Waals surface area contributed by atoms with Crippen molar-refractivity contribution >= 4 is 5.97 Å². The summed E-state index contributed by atoms with van der Waals surface area (Å²) in [5, 5.41) is 3.26. The van der Waals surface area contributed by atoms with Gasteiger partial charge in [-0.3, -0.25) is 4.79 Å². The smallest absolute Gasteiger partial charge is 0.310 e. The van der Waals surface area contributed by atoms with E-state index in [0.717, 1.165) is 32.4 Å². The standard InChI is InChI=1S/C13H23NO2/c1-10-5-2-3-7-12(10)16-13(15)11-6-4-8-14-9-11/h10-12,14H,2-9H2,1H3/t10?,11-,12?/m0/s1. The number of carbonyl (C=O) groups is 1. The van der Waals surface area contributed by atoms with Crippen molar-refractivity contribution in [3.8, 4) is 0 Å². The maximum atomic E-state index is 11.9. The van der Waals surface area contributed by atoms with Gasteiger partial charge in [-0.05, 0) is 44.6 Å². The molecule has 0 spiro atoms. The summed E-state index contributed by atoms with van der Waals surface area (Å²) in [4.78, 5) is 11.9. The van der Waals surface area contributed by atoms with Crippen LogP contribution in [0.2, 0.25) is 0 Å². The van der Waals surface area contributed by atoms with E-state index >= 15 is 0 Å². The van der Waals surface area contributed by atoms with Gasteiger partial charge in [0.05, 0.1) is 5.92 Å². The Morgan fingerprint density at radius 1 is 1.19 bits per heavy atom. The molecule has 2 rings (SSSR count). The lowest BCUT2D eigenvalue weighted by atomic mass is 9.88. The van der Waals surface area contributed by atoms with Gasteiger partial charge >= 0.3 is 5.97 Å². The van der Waals surface area contributed by atoms with Crippen molar-refractivity contribution in [3.05, 3.63) is 0 Å². The molecule has 3 atom stereocenters. The molecule has 92 valence electrons. The Hall–Kier alpha value is -0.570. The molecule has 2 unspecified atom stereocenters. The summed E-state index contributed by atoms with van der Waals surface area (Å²) >= 11 is 0. The van der Waals surface area contributed by atoms with Crippen molar-refractivity contribution in [2.45, 2.75) is 51.6 Å². The average Bonchev–Trinajstić information content (AvgIpc) is 2.33. The van der Waals surface area contributed by atoms with E-state index in [9.17, 15) is 4.79 Å². The van der Waals surface area contributed by atoms with Crippen molar-refractivity contribution in [2.75, 3.05) is 13.1 Å². The summed E-state index contributed by atoms with van der Waals surface area (Å²) in [6.07, 6.45) is 7.05. The van der Waals surface area contributed by atoms with Gasteiger partial charge in [0.1, 0.15) is 6.10 Å². The molecule has 16 heavy (non-hydrogen) atoms. The Morgan fingerprint density at radius 2 is 2.00 bits per heavy atom. The Bertz CT molecular complexity index is 236. The Morgan fingerprint density at radius 3 is 2.69 bits per heavy atom. The Labute approximate surface area is 97.9 Å². The van der Waals surface area contributed by atoms with E-state index in [-0.39, 0.29) is 18.0 Å². The van der Waals surface area contributed by atoms with Crippen LogP contribution in [0.25, 0.3) is 0 Å². The number of hydrogen-bond donors (Lipinski definition) is 1. The molecule has 2 aliphatic rings. The molecule has 1 saturated carbocycles. The first kappa shape index (κ1) is 11.9. The lowest BCUT2D eigenvalue weighted by molar-refractivity contribution is -0.158. The van der Waals surface area contributed by atoms with Crippen LogP contribution in [0, 0.1) is 11.8 Å². The fourth-order valence-electron chi connectivity index (χ4n) is 2.76. The number of piperidine rings is 1. The SMILES string of the molecule is CC1CCCCC1OC(=O)[C@H]1CCCNC1. The van der Waals surface area contributed by atoms with Gasteiger partial charge in [-0.15, -0.1) is 0 Å². The van der Waals surface area contributed by atoms with Crippen molar-refractivity contribution in [1.29, 1.82) is 0 Å². The van der Waals surface area contributed by atoms with Crippen LogP contribution in [-0.2, 0) is 9.53 Å². The number of hydrogen-bond acceptors (Lipinski definition) is 3. The number of rotatable bonds is 2. The number of nitrogens with one attached hydrogen (secondary N) is 1. The molecule has 1 heterocycles. The number of carbonyl (C=O) groups excluding carboxylic acids is 1. The van der Waals surface area contributed by atoms with Gasteiger partial charge in [-0.1, -0.05) is 13.3 Å². The Kier molecular flexibility index (Phi) is 4.22. The second-order valence-corrected chi connectivity index (χ2v) is 5.28. The summed E-state index contributed by atoms with van der Waals surface area (Å²) < 4.78 is 5.66. The van der Waals surface area contributed by atoms with Crippen molar-refractivity contribution in [1.82, 2.24) is 5.32 Å². The number of esters is 1. The first-order chi connectivity index (χ1) is 7.77.